The van der Waals surface area contributed by atoms with Gasteiger partial charge in [-0.3, -0.25) is 5.10 Å². The number of nitrogens with one attached hydrogen (secondary N) is 1. The zero-order chi connectivity index (χ0) is 18.4. The molecule has 2 atom stereocenters. The van der Waals surface area contributed by atoms with Crippen molar-refractivity contribution in [3.63, 3.8) is 0 Å². The van der Waals surface area contributed by atoms with Crippen molar-refractivity contribution in [3.8, 4) is 6.07 Å². The molecule has 2 unspecified atom stereocenters. The Morgan fingerprint density at radius 1 is 1.22 bits per heavy atom. The number of hydrogen-bond donors (Lipinski definition) is 1. The van der Waals surface area contributed by atoms with Crippen molar-refractivity contribution >= 4 is 34.3 Å². The second kappa shape index (κ2) is 6.51. The van der Waals surface area contributed by atoms with Crippen molar-refractivity contribution in [2.45, 2.75) is 18.8 Å². The van der Waals surface area contributed by atoms with Crippen molar-refractivity contribution in [2.75, 3.05) is 20.1 Å². The van der Waals surface area contributed by atoms with Crippen molar-refractivity contribution < 1.29 is 0 Å². The van der Waals surface area contributed by atoms with Crippen LogP contribution in [-0.4, -0.2) is 49.7 Å². The summed E-state index contributed by atoms with van der Waals surface area (Å²) in [7, 11) is 2.15. The first-order valence-electron chi connectivity index (χ1n) is 9.17. The van der Waals surface area contributed by atoms with E-state index in [0.29, 0.717) is 5.92 Å². The fourth-order valence-electron chi connectivity index (χ4n) is 4.37. The SMILES string of the molecule is CN1CCC(C2=Nc3[nH]ncc3C(c3cccc4nsnc34)C2C#N)CC1. The number of rotatable bonds is 2. The van der Waals surface area contributed by atoms with Gasteiger partial charge in [-0.25, -0.2) is 4.99 Å². The molecule has 4 heterocycles. The van der Waals surface area contributed by atoms with E-state index in [0.717, 1.165) is 59.6 Å². The Bertz CT molecular complexity index is 1050. The van der Waals surface area contributed by atoms with E-state index < -0.39 is 0 Å². The molecule has 1 aromatic carbocycles. The van der Waals surface area contributed by atoms with Crippen LogP contribution in [0.4, 0.5) is 5.82 Å². The summed E-state index contributed by atoms with van der Waals surface area (Å²) >= 11 is 1.21. The van der Waals surface area contributed by atoms with E-state index >= 15 is 0 Å². The van der Waals surface area contributed by atoms with Gasteiger partial charge in [0.1, 0.15) is 11.0 Å². The third-order valence-electron chi connectivity index (χ3n) is 5.80. The third-order valence-corrected chi connectivity index (χ3v) is 6.35. The second-order valence-corrected chi connectivity index (χ2v) is 7.88. The summed E-state index contributed by atoms with van der Waals surface area (Å²) in [5.74, 6) is 0.678. The number of likely N-dealkylation sites (tertiary alicyclic amines) is 1. The summed E-state index contributed by atoms with van der Waals surface area (Å²) in [6.07, 6.45) is 3.87. The first kappa shape index (κ1) is 16.5. The number of hydrogen-bond acceptors (Lipinski definition) is 7. The first-order chi connectivity index (χ1) is 13.3. The van der Waals surface area contributed by atoms with Crippen LogP contribution in [-0.2, 0) is 0 Å². The molecule has 0 radical (unpaired) electrons. The highest BCUT2D eigenvalue weighted by molar-refractivity contribution is 7.00. The van der Waals surface area contributed by atoms with Gasteiger partial charge in [0.05, 0.1) is 29.9 Å². The molecular weight excluding hydrogens is 358 g/mol. The van der Waals surface area contributed by atoms with Crippen LogP contribution in [0.3, 0.4) is 0 Å². The maximum Gasteiger partial charge on any atom is 0.151 e. The van der Waals surface area contributed by atoms with Gasteiger partial charge in [0.15, 0.2) is 5.82 Å². The van der Waals surface area contributed by atoms with Gasteiger partial charge in [0.25, 0.3) is 0 Å². The summed E-state index contributed by atoms with van der Waals surface area (Å²) in [5.41, 5.74) is 4.76. The molecule has 5 rings (SSSR count). The maximum absolute atomic E-state index is 10.2. The topological polar surface area (TPSA) is 93.8 Å². The smallest absolute Gasteiger partial charge is 0.151 e. The number of benzene rings is 1. The minimum Gasteiger partial charge on any atom is -0.306 e. The lowest BCUT2D eigenvalue weighted by Crippen LogP contribution is -2.38. The van der Waals surface area contributed by atoms with Gasteiger partial charge in [-0.2, -0.15) is 19.1 Å². The number of H-pyrrole nitrogens is 1. The van der Waals surface area contributed by atoms with Crippen LogP contribution in [0.5, 0.6) is 0 Å². The highest BCUT2D eigenvalue weighted by atomic mass is 32.1. The van der Waals surface area contributed by atoms with Crippen LogP contribution in [0.25, 0.3) is 11.0 Å². The van der Waals surface area contributed by atoms with Crippen LogP contribution in [0.15, 0.2) is 29.4 Å². The minimum absolute atomic E-state index is 0.122. The molecule has 1 fully saturated rings. The van der Waals surface area contributed by atoms with E-state index in [1.54, 1.807) is 6.20 Å². The normalized spacial score (nSPS) is 23.8. The third kappa shape index (κ3) is 2.66. The number of nitriles is 1. The largest absolute Gasteiger partial charge is 0.306 e. The van der Waals surface area contributed by atoms with Crippen molar-refractivity contribution in [2.24, 2.45) is 16.8 Å². The molecule has 136 valence electrons. The Kier molecular flexibility index (Phi) is 3.99. The Balaban J connectivity index is 1.64. The molecular formula is C19H19N7S. The van der Waals surface area contributed by atoms with E-state index in [4.69, 9.17) is 4.99 Å². The molecule has 27 heavy (non-hydrogen) atoms. The Hall–Kier alpha value is -2.63. The Labute approximate surface area is 161 Å². The molecule has 1 saturated heterocycles. The van der Waals surface area contributed by atoms with Gasteiger partial charge in [-0.1, -0.05) is 12.1 Å². The molecule has 0 bridgehead atoms. The maximum atomic E-state index is 10.2. The second-order valence-electron chi connectivity index (χ2n) is 7.35. The van der Waals surface area contributed by atoms with E-state index in [1.807, 2.05) is 12.1 Å². The van der Waals surface area contributed by atoms with Crippen LogP contribution in [0, 0.1) is 23.2 Å². The van der Waals surface area contributed by atoms with Gasteiger partial charge in [-0.15, -0.1) is 0 Å². The number of piperidine rings is 1. The van der Waals surface area contributed by atoms with Crippen molar-refractivity contribution in [1.29, 1.82) is 5.26 Å². The molecule has 2 aliphatic heterocycles. The van der Waals surface area contributed by atoms with Crippen molar-refractivity contribution in [1.82, 2.24) is 23.8 Å². The molecule has 0 saturated carbocycles. The van der Waals surface area contributed by atoms with Crippen LogP contribution >= 0.6 is 11.7 Å². The van der Waals surface area contributed by atoms with E-state index in [1.165, 1.54) is 11.7 Å². The predicted octanol–water partition coefficient (Wildman–Crippen LogP) is 3.11. The van der Waals surface area contributed by atoms with Crippen LogP contribution in [0.1, 0.15) is 29.9 Å². The average Bonchev–Trinajstić information content (AvgIpc) is 3.36. The molecule has 0 aliphatic carbocycles. The van der Waals surface area contributed by atoms with E-state index in [9.17, 15) is 5.26 Å². The molecule has 2 aliphatic rings. The fraction of sp³-hybridized carbons (Fsp3) is 0.421. The number of aromatic nitrogens is 4. The summed E-state index contributed by atoms with van der Waals surface area (Å²) in [6.45, 7) is 2.07. The van der Waals surface area contributed by atoms with Gasteiger partial charge >= 0.3 is 0 Å². The summed E-state index contributed by atoms with van der Waals surface area (Å²) in [4.78, 5) is 7.21. The molecule has 1 N–H and O–H groups in total. The number of fused-ring (bicyclic) bond motifs is 2. The first-order valence-corrected chi connectivity index (χ1v) is 9.90. The fourth-order valence-corrected chi connectivity index (χ4v) is 4.93. The lowest BCUT2D eigenvalue weighted by atomic mass is 9.73. The Morgan fingerprint density at radius 3 is 2.89 bits per heavy atom. The van der Waals surface area contributed by atoms with Gasteiger partial charge in [-0.05, 0) is 44.6 Å². The highest BCUT2D eigenvalue weighted by Crippen LogP contribution is 2.45. The molecule has 8 heteroatoms. The lowest BCUT2D eigenvalue weighted by Gasteiger charge is -2.35. The quantitative estimate of drug-likeness (QED) is 0.740. The molecule has 2 aromatic heterocycles. The van der Waals surface area contributed by atoms with Gasteiger partial charge < -0.3 is 4.90 Å². The predicted molar refractivity (Wildman–Crippen MR) is 104 cm³/mol. The summed E-state index contributed by atoms with van der Waals surface area (Å²) in [5, 5.41) is 17.4. The molecule has 0 amide bonds. The van der Waals surface area contributed by atoms with Gasteiger partial charge in [0.2, 0.25) is 0 Å². The van der Waals surface area contributed by atoms with E-state index in [2.05, 4.69) is 43.0 Å². The number of aromatic amines is 1. The zero-order valence-electron chi connectivity index (χ0n) is 15.0. The number of nitrogens with zero attached hydrogens (tertiary/aromatic N) is 6. The molecule has 7 nitrogen and oxygen atoms in total. The number of aliphatic imine (C=N–C) groups is 1. The van der Waals surface area contributed by atoms with Crippen LogP contribution < -0.4 is 0 Å². The highest BCUT2D eigenvalue weighted by Gasteiger charge is 2.40. The average molecular weight is 377 g/mol. The summed E-state index contributed by atoms with van der Waals surface area (Å²) < 4.78 is 8.89. The van der Waals surface area contributed by atoms with E-state index in [-0.39, 0.29) is 11.8 Å². The van der Waals surface area contributed by atoms with Crippen molar-refractivity contribution in [3.05, 3.63) is 35.5 Å². The van der Waals surface area contributed by atoms with Crippen LogP contribution in [0.2, 0.25) is 0 Å². The minimum atomic E-state index is -0.309. The summed E-state index contributed by atoms with van der Waals surface area (Å²) in [6, 6.07) is 8.59. The lowest BCUT2D eigenvalue weighted by molar-refractivity contribution is 0.249. The van der Waals surface area contributed by atoms with Gasteiger partial charge in [0, 0.05) is 23.1 Å². The molecule has 0 spiro atoms. The monoisotopic (exact) mass is 377 g/mol. The standard InChI is InChI=1S/C19H19N7S/c1-26-7-5-11(6-8-26)17-13(9-20)16(14-10-21-23-19(14)22-17)12-3-2-4-15-18(12)25-27-24-15/h2-4,10-11,13,16H,5-8H2,1H3,(H,21,23). The zero-order valence-corrected chi connectivity index (χ0v) is 15.8. The molecule has 3 aromatic rings. The Morgan fingerprint density at radius 2 is 2.07 bits per heavy atom.